The minimum atomic E-state index is -0.612. The second-order valence-corrected chi connectivity index (χ2v) is 5.81. The fourth-order valence-electron chi connectivity index (χ4n) is 2.70. The van der Waals surface area contributed by atoms with Gasteiger partial charge < -0.3 is 14.5 Å². The fourth-order valence-corrected chi connectivity index (χ4v) is 2.70. The Hall–Kier alpha value is -3.62. The maximum Gasteiger partial charge on any atom is 0.419 e. The van der Waals surface area contributed by atoms with E-state index in [-0.39, 0.29) is 30.1 Å². The zero-order valence-electron chi connectivity index (χ0n) is 14.5. The van der Waals surface area contributed by atoms with Gasteiger partial charge in [-0.25, -0.2) is 4.79 Å². The number of rotatable bonds is 7. The summed E-state index contributed by atoms with van der Waals surface area (Å²) in [5.74, 6) is -0.170. The van der Waals surface area contributed by atoms with Gasteiger partial charge in [0.05, 0.1) is 23.6 Å². The highest BCUT2D eigenvalue weighted by atomic mass is 16.6. The van der Waals surface area contributed by atoms with E-state index in [1.54, 1.807) is 31.4 Å². The number of non-ortho nitro benzene ring substituents is 1. The van der Waals surface area contributed by atoms with E-state index in [2.05, 4.69) is 5.32 Å². The summed E-state index contributed by atoms with van der Waals surface area (Å²) in [6.45, 7) is 0.259. The number of anilines is 1. The van der Waals surface area contributed by atoms with Gasteiger partial charge in [-0.05, 0) is 24.6 Å². The fraction of sp³-hybridized carbons (Fsp3) is 0.222. The van der Waals surface area contributed by atoms with Crippen LogP contribution in [0.1, 0.15) is 12.8 Å². The molecule has 2 aromatic carbocycles. The molecule has 27 heavy (non-hydrogen) atoms. The Bertz CT molecular complexity index is 1050. The van der Waals surface area contributed by atoms with Crippen LogP contribution in [0.4, 0.5) is 11.4 Å². The first-order valence-corrected chi connectivity index (χ1v) is 8.19. The van der Waals surface area contributed by atoms with Crippen LogP contribution in [-0.4, -0.2) is 22.5 Å². The lowest BCUT2D eigenvalue weighted by molar-refractivity contribution is -0.384. The van der Waals surface area contributed by atoms with Gasteiger partial charge in [0.2, 0.25) is 5.91 Å². The van der Waals surface area contributed by atoms with Crippen LogP contribution in [-0.2, 0) is 11.3 Å². The topological polar surface area (TPSA) is 117 Å². The van der Waals surface area contributed by atoms with Crippen molar-refractivity contribution in [1.29, 1.82) is 0 Å². The number of ether oxygens (including phenoxy) is 1. The van der Waals surface area contributed by atoms with Crippen LogP contribution < -0.4 is 15.8 Å². The second-order valence-electron chi connectivity index (χ2n) is 5.81. The quantitative estimate of drug-likeness (QED) is 0.504. The van der Waals surface area contributed by atoms with Crippen molar-refractivity contribution in [2.45, 2.75) is 19.4 Å². The molecule has 0 atom stereocenters. The molecule has 0 bridgehead atoms. The molecule has 0 aliphatic rings. The van der Waals surface area contributed by atoms with Gasteiger partial charge in [0.15, 0.2) is 5.58 Å². The summed E-state index contributed by atoms with van der Waals surface area (Å²) < 4.78 is 11.5. The van der Waals surface area contributed by atoms with E-state index in [9.17, 15) is 19.7 Å². The number of hydrogen-bond donors (Lipinski definition) is 1. The first kappa shape index (κ1) is 18.2. The SMILES string of the molecule is COc1cccc(NC(=O)CCCn2c(=O)oc3cc([N+](=O)[O-])ccc32)c1. The summed E-state index contributed by atoms with van der Waals surface area (Å²) in [7, 11) is 1.54. The molecule has 9 heteroatoms. The molecule has 0 aliphatic carbocycles. The summed E-state index contributed by atoms with van der Waals surface area (Å²) in [6, 6.07) is 11.0. The third-order valence-electron chi connectivity index (χ3n) is 4.00. The molecule has 0 saturated heterocycles. The Labute approximate surface area is 153 Å². The number of nitro benzene ring substituents is 1. The van der Waals surface area contributed by atoms with E-state index in [0.29, 0.717) is 23.4 Å². The number of oxazole rings is 1. The molecule has 3 aromatic rings. The van der Waals surface area contributed by atoms with Gasteiger partial charge in [0, 0.05) is 30.8 Å². The predicted molar refractivity (Wildman–Crippen MR) is 98.0 cm³/mol. The number of carbonyl (C=O) groups is 1. The molecule has 0 aliphatic heterocycles. The van der Waals surface area contributed by atoms with Gasteiger partial charge in [-0.1, -0.05) is 6.07 Å². The first-order valence-electron chi connectivity index (χ1n) is 8.19. The number of nitrogens with one attached hydrogen (secondary N) is 1. The van der Waals surface area contributed by atoms with Crippen LogP contribution in [0.15, 0.2) is 51.7 Å². The molecule has 0 radical (unpaired) electrons. The second kappa shape index (κ2) is 7.73. The Balaban J connectivity index is 1.63. The number of aromatic nitrogens is 1. The number of aryl methyl sites for hydroxylation is 1. The Morgan fingerprint density at radius 1 is 1.30 bits per heavy atom. The molecule has 0 saturated carbocycles. The summed E-state index contributed by atoms with van der Waals surface area (Å²) in [5, 5.41) is 13.6. The Morgan fingerprint density at radius 3 is 2.85 bits per heavy atom. The molecular formula is C18H17N3O6. The van der Waals surface area contributed by atoms with Crippen molar-refractivity contribution in [3.05, 3.63) is 63.1 Å². The van der Waals surface area contributed by atoms with Crippen molar-refractivity contribution in [3.8, 4) is 5.75 Å². The highest BCUT2D eigenvalue weighted by molar-refractivity contribution is 5.90. The van der Waals surface area contributed by atoms with Crippen molar-refractivity contribution in [1.82, 2.24) is 4.57 Å². The van der Waals surface area contributed by atoms with Crippen LogP contribution in [0.25, 0.3) is 11.1 Å². The molecule has 0 fully saturated rings. The molecule has 140 valence electrons. The maximum atomic E-state index is 12.1. The first-order chi connectivity index (χ1) is 13.0. The number of methoxy groups -OCH3 is 1. The average molecular weight is 371 g/mol. The van der Waals surface area contributed by atoms with E-state index in [1.807, 2.05) is 0 Å². The smallest absolute Gasteiger partial charge is 0.419 e. The van der Waals surface area contributed by atoms with E-state index < -0.39 is 10.7 Å². The number of nitro groups is 1. The molecule has 1 amide bonds. The summed E-state index contributed by atoms with van der Waals surface area (Å²) in [4.78, 5) is 34.3. The van der Waals surface area contributed by atoms with E-state index >= 15 is 0 Å². The van der Waals surface area contributed by atoms with Crippen molar-refractivity contribution in [3.63, 3.8) is 0 Å². The zero-order valence-corrected chi connectivity index (χ0v) is 14.5. The lowest BCUT2D eigenvalue weighted by Crippen LogP contribution is -2.17. The summed E-state index contributed by atoms with van der Waals surface area (Å²) in [5.41, 5.74) is 1.08. The average Bonchev–Trinajstić information content (AvgIpc) is 2.96. The number of hydrogen-bond acceptors (Lipinski definition) is 6. The monoisotopic (exact) mass is 371 g/mol. The van der Waals surface area contributed by atoms with E-state index in [0.717, 1.165) is 0 Å². The van der Waals surface area contributed by atoms with Gasteiger partial charge in [0.1, 0.15) is 5.75 Å². The largest absolute Gasteiger partial charge is 0.497 e. The third-order valence-corrected chi connectivity index (χ3v) is 4.00. The van der Waals surface area contributed by atoms with Crippen LogP contribution in [0.3, 0.4) is 0 Å². The maximum absolute atomic E-state index is 12.1. The molecule has 1 heterocycles. The van der Waals surface area contributed by atoms with Crippen molar-refractivity contribution in [2.24, 2.45) is 0 Å². The molecular weight excluding hydrogens is 354 g/mol. The van der Waals surface area contributed by atoms with E-state index in [4.69, 9.17) is 9.15 Å². The van der Waals surface area contributed by atoms with Gasteiger partial charge in [-0.3, -0.25) is 19.5 Å². The number of nitrogens with zero attached hydrogens (tertiary/aromatic N) is 2. The lowest BCUT2D eigenvalue weighted by Gasteiger charge is -2.07. The molecule has 1 N–H and O–H groups in total. The number of fused-ring (bicyclic) bond motifs is 1. The Kier molecular flexibility index (Phi) is 5.20. The van der Waals surface area contributed by atoms with Crippen molar-refractivity contribution >= 4 is 28.4 Å². The Morgan fingerprint density at radius 2 is 2.11 bits per heavy atom. The molecule has 0 unspecified atom stereocenters. The van der Waals surface area contributed by atoms with Gasteiger partial charge in [-0.2, -0.15) is 0 Å². The minimum Gasteiger partial charge on any atom is -0.497 e. The van der Waals surface area contributed by atoms with Gasteiger partial charge in [-0.15, -0.1) is 0 Å². The number of benzene rings is 2. The summed E-state index contributed by atoms with van der Waals surface area (Å²) in [6.07, 6.45) is 0.602. The van der Waals surface area contributed by atoms with Crippen LogP contribution in [0.5, 0.6) is 5.75 Å². The molecule has 9 nitrogen and oxygen atoms in total. The molecule has 0 spiro atoms. The van der Waals surface area contributed by atoms with Crippen LogP contribution in [0, 0.1) is 10.1 Å². The highest BCUT2D eigenvalue weighted by Gasteiger charge is 2.14. The zero-order chi connectivity index (χ0) is 19.4. The number of amides is 1. The molecule has 3 rings (SSSR count). The molecule has 1 aromatic heterocycles. The summed E-state index contributed by atoms with van der Waals surface area (Å²) >= 11 is 0. The lowest BCUT2D eigenvalue weighted by atomic mass is 10.2. The van der Waals surface area contributed by atoms with Crippen molar-refractivity contribution < 1.29 is 18.9 Å². The minimum absolute atomic E-state index is 0.148. The normalized spacial score (nSPS) is 10.7. The van der Waals surface area contributed by atoms with Gasteiger partial charge in [0.25, 0.3) is 5.69 Å². The van der Waals surface area contributed by atoms with Crippen molar-refractivity contribution in [2.75, 3.05) is 12.4 Å². The van der Waals surface area contributed by atoms with Crippen LogP contribution in [0.2, 0.25) is 0 Å². The number of carbonyl (C=O) groups excluding carboxylic acids is 1. The standard InChI is InChI=1S/C18H17N3O6/c1-26-14-5-2-4-12(10-14)19-17(22)6-3-9-20-15-8-7-13(21(24)25)11-16(15)27-18(20)23/h2,4-5,7-8,10-11H,3,6,9H2,1H3,(H,19,22). The highest BCUT2D eigenvalue weighted by Crippen LogP contribution is 2.20. The predicted octanol–water partition coefficient (Wildman–Crippen LogP) is 2.93. The third kappa shape index (κ3) is 4.14. The van der Waals surface area contributed by atoms with Crippen LogP contribution >= 0.6 is 0 Å². The van der Waals surface area contributed by atoms with Gasteiger partial charge >= 0.3 is 5.76 Å². The van der Waals surface area contributed by atoms with E-state index in [1.165, 1.54) is 22.8 Å².